The molecule has 0 radical (unpaired) electrons. The number of carboxylic acids is 1. The number of nitrogens with one attached hydrogen (secondary N) is 2. The Hall–Kier alpha value is -2.31. The predicted molar refractivity (Wildman–Crippen MR) is 74.2 cm³/mol. The number of H-pyrrole nitrogens is 1. The summed E-state index contributed by atoms with van der Waals surface area (Å²) in [4.78, 5) is 36.8. The summed E-state index contributed by atoms with van der Waals surface area (Å²) in [6.45, 7) is 0.0225. The molecule has 114 valence electrons. The number of carbonyl (C=O) groups is 2. The highest BCUT2D eigenvalue weighted by Gasteiger charge is 2.39. The van der Waals surface area contributed by atoms with Crippen molar-refractivity contribution in [1.29, 1.82) is 0 Å². The van der Waals surface area contributed by atoms with E-state index in [4.69, 9.17) is 0 Å². The van der Waals surface area contributed by atoms with Crippen molar-refractivity contribution >= 4 is 11.9 Å². The van der Waals surface area contributed by atoms with Gasteiger partial charge in [0.25, 0.3) is 11.5 Å². The SMILES string of the molecule is O=C(NCC1(C(=O)O)CCCCC1)c1cc(O)[nH]c(=O)c1. The lowest BCUT2D eigenvalue weighted by molar-refractivity contribution is -0.150. The summed E-state index contributed by atoms with van der Waals surface area (Å²) >= 11 is 0. The minimum atomic E-state index is -0.933. The van der Waals surface area contributed by atoms with E-state index < -0.39 is 28.7 Å². The van der Waals surface area contributed by atoms with Crippen LogP contribution in [-0.2, 0) is 4.79 Å². The van der Waals surface area contributed by atoms with E-state index in [-0.39, 0.29) is 12.1 Å². The molecule has 0 saturated heterocycles. The molecule has 1 aliphatic carbocycles. The molecule has 0 spiro atoms. The fourth-order valence-electron chi connectivity index (χ4n) is 2.71. The third-order valence-corrected chi connectivity index (χ3v) is 3.94. The van der Waals surface area contributed by atoms with Gasteiger partial charge in [0.05, 0.1) is 11.0 Å². The van der Waals surface area contributed by atoms with Crippen LogP contribution < -0.4 is 10.9 Å². The van der Waals surface area contributed by atoms with E-state index in [1.54, 1.807) is 0 Å². The highest BCUT2D eigenvalue weighted by molar-refractivity contribution is 5.94. The molecule has 4 N–H and O–H groups in total. The first kappa shape index (κ1) is 15.1. The van der Waals surface area contributed by atoms with Gasteiger partial charge in [-0.25, -0.2) is 0 Å². The van der Waals surface area contributed by atoms with Crippen LogP contribution in [0.25, 0.3) is 0 Å². The van der Waals surface area contributed by atoms with Gasteiger partial charge in [0.1, 0.15) is 0 Å². The van der Waals surface area contributed by atoms with Gasteiger partial charge in [0, 0.05) is 18.7 Å². The molecule has 0 bridgehead atoms. The van der Waals surface area contributed by atoms with Gasteiger partial charge in [0.2, 0.25) is 0 Å². The lowest BCUT2D eigenvalue weighted by Crippen LogP contribution is -2.44. The molecule has 1 aromatic heterocycles. The number of carboxylic acid groups (broad SMARTS) is 1. The average molecular weight is 294 g/mol. The van der Waals surface area contributed by atoms with Crippen molar-refractivity contribution in [2.75, 3.05) is 6.54 Å². The summed E-state index contributed by atoms with van der Waals surface area (Å²) in [5.41, 5.74) is -1.52. The standard InChI is InChI=1S/C14H18N2O5/c17-10-6-9(7-11(18)16-10)12(19)15-8-14(13(20)21)4-2-1-3-5-14/h6-7H,1-5,8H2,(H,15,19)(H,20,21)(H2,16,17,18). The average Bonchev–Trinajstić information content (AvgIpc) is 2.44. The molecule has 21 heavy (non-hydrogen) atoms. The van der Waals surface area contributed by atoms with Crippen LogP contribution >= 0.6 is 0 Å². The number of amides is 1. The van der Waals surface area contributed by atoms with Crippen LogP contribution in [0.4, 0.5) is 0 Å². The zero-order chi connectivity index (χ0) is 15.5. The normalized spacial score (nSPS) is 17.1. The number of rotatable bonds is 4. The van der Waals surface area contributed by atoms with Gasteiger partial charge in [-0.1, -0.05) is 19.3 Å². The molecule has 1 aliphatic rings. The van der Waals surface area contributed by atoms with Crippen LogP contribution in [0.15, 0.2) is 16.9 Å². The minimum Gasteiger partial charge on any atom is -0.494 e. The van der Waals surface area contributed by atoms with E-state index in [9.17, 15) is 24.6 Å². The van der Waals surface area contributed by atoms with Crippen LogP contribution in [0, 0.1) is 5.41 Å². The number of carbonyl (C=O) groups excluding carboxylic acids is 1. The highest BCUT2D eigenvalue weighted by atomic mass is 16.4. The minimum absolute atomic E-state index is 0.00704. The first-order valence-corrected chi connectivity index (χ1v) is 6.88. The first-order chi connectivity index (χ1) is 9.93. The molecule has 0 aromatic carbocycles. The number of aliphatic carboxylic acids is 1. The lowest BCUT2D eigenvalue weighted by Gasteiger charge is -2.33. The number of aromatic hydroxyl groups is 1. The van der Waals surface area contributed by atoms with Crippen LogP contribution in [0.3, 0.4) is 0 Å². The Morgan fingerprint density at radius 1 is 1.24 bits per heavy atom. The fraction of sp³-hybridized carbons (Fsp3) is 0.500. The second-order valence-corrected chi connectivity index (χ2v) is 5.45. The quantitative estimate of drug-likeness (QED) is 0.656. The van der Waals surface area contributed by atoms with E-state index >= 15 is 0 Å². The van der Waals surface area contributed by atoms with Gasteiger partial charge < -0.3 is 15.5 Å². The maximum absolute atomic E-state index is 12.0. The van der Waals surface area contributed by atoms with E-state index in [1.165, 1.54) is 0 Å². The molecule has 7 heteroatoms. The zero-order valence-electron chi connectivity index (χ0n) is 11.5. The Morgan fingerprint density at radius 3 is 2.48 bits per heavy atom. The molecular weight excluding hydrogens is 276 g/mol. The van der Waals surface area contributed by atoms with Crippen molar-refractivity contribution in [2.24, 2.45) is 5.41 Å². The van der Waals surface area contributed by atoms with Gasteiger partial charge >= 0.3 is 5.97 Å². The maximum Gasteiger partial charge on any atom is 0.311 e. The van der Waals surface area contributed by atoms with Crippen molar-refractivity contribution in [2.45, 2.75) is 32.1 Å². The fourth-order valence-corrected chi connectivity index (χ4v) is 2.71. The molecule has 1 amide bonds. The monoisotopic (exact) mass is 294 g/mol. The Balaban J connectivity index is 2.08. The molecule has 1 saturated carbocycles. The van der Waals surface area contributed by atoms with Gasteiger partial charge in [-0.05, 0) is 12.8 Å². The third kappa shape index (κ3) is 3.42. The number of aromatic nitrogens is 1. The highest BCUT2D eigenvalue weighted by Crippen LogP contribution is 2.36. The summed E-state index contributed by atoms with van der Waals surface area (Å²) in [7, 11) is 0. The summed E-state index contributed by atoms with van der Waals surface area (Å²) in [6.07, 6.45) is 3.72. The first-order valence-electron chi connectivity index (χ1n) is 6.88. The molecule has 1 heterocycles. The van der Waals surface area contributed by atoms with E-state index in [0.717, 1.165) is 31.4 Å². The molecule has 2 rings (SSSR count). The van der Waals surface area contributed by atoms with Crippen LogP contribution in [0.1, 0.15) is 42.5 Å². The molecule has 1 aromatic rings. The Bertz CT molecular complexity index is 602. The molecule has 7 nitrogen and oxygen atoms in total. The van der Waals surface area contributed by atoms with Crippen molar-refractivity contribution in [1.82, 2.24) is 10.3 Å². The molecule has 0 unspecified atom stereocenters. The maximum atomic E-state index is 12.0. The smallest absolute Gasteiger partial charge is 0.311 e. The second kappa shape index (κ2) is 5.99. The van der Waals surface area contributed by atoms with Crippen LogP contribution in [0.5, 0.6) is 5.88 Å². The number of aromatic amines is 1. The van der Waals surface area contributed by atoms with Crippen molar-refractivity contribution < 1.29 is 19.8 Å². The number of pyridine rings is 1. The lowest BCUT2D eigenvalue weighted by atomic mass is 9.74. The Labute approximate surface area is 121 Å². The van der Waals surface area contributed by atoms with Gasteiger partial charge in [-0.2, -0.15) is 0 Å². The largest absolute Gasteiger partial charge is 0.494 e. The zero-order valence-corrected chi connectivity index (χ0v) is 11.5. The van der Waals surface area contributed by atoms with E-state index in [2.05, 4.69) is 10.3 Å². The molecule has 0 atom stereocenters. The Kier molecular flexibility index (Phi) is 4.30. The predicted octanol–water partition coefficient (Wildman–Crippen LogP) is 0.845. The number of hydrogen-bond acceptors (Lipinski definition) is 4. The Morgan fingerprint density at radius 2 is 1.90 bits per heavy atom. The summed E-state index contributed by atoms with van der Waals surface area (Å²) in [6, 6.07) is 2.19. The van der Waals surface area contributed by atoms with E-state index in [1.807, 2.05) is 0 Å². The van der Waals surface area contributed by atoms with Crippen molar-refractivity contribution in [3.05, 3.63) is 28.0 Å². The van der Waals surface area contributed by atoms with Gasteiger partial charge in [-0.3, -0.25) is 19.4 Å². The van der Waals surface area contributed by atoms with Gasteiger partial charge in [-0.15, -0.1) is 0 Å². The molecular formula is C14H18N2O5. The summed E-state index contributed by atoms with van der Waals surface area (Å²) in [5.74, 6) is -1.88. The summed E-state index contributed by atoms with van der Waals surface area (Å²) < 4.78 is 0. The van der Waals surface area contributed by atoms with Crippen molar-refractivity contribution in [3.8, 4) is 5.88 Å². The second-order valence-electron chi connectivity index (χ2n) is 5.45. The topological polar surface area (TPSA) is 119 Å². The third-order valence-electron chi connectivity index (χ3n) is 3.94. The van der Waals surface area contributed by atoms with Crippen LogP contribution in [0.2, 0.25) is 0 Å². The van der Waals surface area contributed by atoms with Gasteiger partial charge in [0.15, 0.2) is 5.88 Å². The molecule has 0 aliphatic heterocycles. The van der Waals surface area contributed by atoms with Crippen LogP contribution in [-0.4, -0.2) is 33.6 Å². The summed E-state index contributed by atoms with van der Waals surface area (Å²) in [5, 5.41) is 21.2. The van der Waals surface area contributed by atoms with E-state index in [0.29, 0.717) is 12.8 Å². The molecule has 1 fully saturated rings. The number of hydrogen-bond donors (Lipinski definition) is 4. The van der Waals surface area contributed by atoms with Crippen molar-refractivity contribution in [3.63, 3.8) is 0 Å².